The molecule has 1 saturated heterocycles. The maximum atomic E-state index is 14.8. The van der Waals surface area contributed by atoms with Gasteiger partial charge in [-0.15, -0.1) is 0 Å². The molecule has 1 N–H and O–H groups in total. The van der Waals surface area contributed by atoms with E-state index in [4.69, 9.17) is 4.52 Å². The molecule has 31 heavy (non-hydrogen) atoms. The van der Waals surface area contributed by atoms with Crippen LogP contribution in [0.15, 0.2) is 59.1 Å². The number of halogens is 1. The van der Waals surface area contributed by atoms with Gasteiger partial charge in [-0.1, -0.05) is 41.6 Å². The number of rotatable bonds is 4. The van der Waals surface area contributed by atoms with Crippen LogP contribution in [0.25, 0.3) is 22.4 Å². The fourth-order valence-electron chi connectivity index (χ4n) is 4.07. The molecule has 0 atom stereocenters. The summed E-state index contributed by atoms with van der Waals surface area (Å²) in [6, 6.07) is 16.1. The van der Waals surface area contributed by atoms with E-state index in [1.165, 1.54) is 6.07 Å². The van der Waals surface area contributed by atoms with Crippen molar-refractivity contribution in [2.24, 2.45) is 0 Å². The van der Waals surface area contributed by atoms with Gasteiger partial charge in [0.15, 0.2) is 0 Å². The van der Waals surface area contributed by atoms with Crippen LogP contribution in [0.3, 0.4) is 0 Å². The summed E-state index contributed by atoms with van der Waals surface area (Å²) in [5, 5.41) is 7.31. The summed E-state index contributed by atoms with van der Waals surface area (Å²) in [6.45, 7) is 3.44. The highest BCUT2D eigenvalue weighted by Crippen LogP contribution is 2.33. The van der Waals surface area contributed by atoms with E-state index in [2.05, 4.69) is 20.4 Å². The van der Waals surface area contributed by atoms with Crippen molar-refractivity contribution in [2.45, 2.75) is 19.8 Å². The number of carbonyl (C=O) groups is 1. The molecule has 0 unspecified atom stereocenters. The Hall–Kier alpha value is -3.74. The van der Waals surface area contributed by atoms with E-state index < -0.39 is 11.7 Å². The van der Waals surface area contributed by atoms with E-state index in [1.54, 1.807) is 19.1 Å². The van der Waals surface area contributed by atoms with Crippen LogP contribution in [-0.4, -0.2) is 29.1 Å². The van der Waals surface area contributed by atoms with Crippen molar-refractivity contribution in [3.05, 3.63) is 71.7 Å². The molecule has 7 heteroatoms. The molecule has 1 aliphatic heterocycles. The molecule has 1 fully saturated rings. The third-order valence-electron chi connectivity index (χ3n) is 5.61. The molecule has 2 aromatic heterocycles. The normalized spacial score (nSPS) is 13.7. The molecular formula is C24H21FN4O2. The molecule has 0 bridgehead atoms. The van der Waals surface area contributed by atoms with Gasteiger partial charge in [0.05, 0.1) is 28.0 Å². The summed E-state index contributed by atoms with van der Waals surface area (Å²) < 4.78 is 20.1. The van der Waals surface area contributed by atoms with Gasteiger partial charge in [0, 0.05) is 18.7 Å². The number of nitrogens with one attached hydrogen (secondary N) is 1. The van der Waals surface area contributed by atoms with Gasteiger partial charge in [0.2, 0.25) is 0 Å². The molecule has 0 aliphatic carbocycles. The smallest absolute Gasteiger partial charge is 0.259 e. The maximum Gasteiger partial charge on any atom is 0.259 e. The number of amides is 1. The predicted octanol–water partition coefficient (Wildman–Crippen LogP) is 5.19. The van der Waals surface area contributed by atoms with Crippen molar-refractivity contribution in [1.29, 1.82) is 0 Å². The lowest BCUT2D eigenvalue weighted by Gasteiger charge is -2.22. The quantitative estimate of drug-likeness (QED) is 0.496. The molecule has 0 saturated carbocycles. The van der Waals surface area contributed by atoms with Gasteiger partial charge in [-0.05, 0) is 38.0 Å². The van der Waals surface area contributed by atoms with Crippen molar-refractivity contribution < 1.29 is 13.7 Å². The zero-order chi connectivity index (χ0) is 21.4. The summed E-state index contributed by atoms with van der Waals surface area (Å²) in [5.74, 6) is -0.894. The fraction of sp³-hybridized carbons (Fsp3) is 0.208. The monoisotopic (exact) mass is 416 g/mol. The summed E-state index contributed by atoms with van der Waals surface area (Å²) in [6.07, 6.45) is 2.10. The van der Waals surface area contributed by atoms with E-state index in [1.807, 2.05) is 36.4 Å². The molecule has 1 aliphatic rings. The Labute approximate surface area is 178 Å². The lowest BCUT2D eigenvalue weighted by Crippen LogP contribution is -2.22. The number of hydrogen-bond acceptors (Lipinski definition) is 5. The first-order valence-corrected chi connectivity index (χ1v) is 10.3. The second-order valence-corrected chi connectivity index (χ2v) is 7.65. The van der Waals surface area contributed by atoms with Crippen LogP contribution < -0.4 is 10.2 Å². The lowest BCUT2D eigenvalue weighted by molar-refractivity contribution is 0.102. The van der Waals surface area contributed by atoms with Crippen molar-refractivity contribution in [3.8, 4) is 11.3 Å². The number of benzene rings is 2. The number of pyridine rings is 1. The largest absolute Gasteiger partial charge is 0.370 e. The first-order chi connectivity index (χ1) is 15.1. The first kappa shape index (κ1) is 19.2. The number of nitrogens with zero attached hydrogens (tertiary/aromatic N) is 3. The highest BCUT2D eigenvalue weighted by atomic mass is 19.1. The molecule has 1 amide bonds. The zero-order valence-electron chi connectivity index (χ0n) is 17.1. The standard InChI is InChI=1S/C24H21FN4O2/c1-15-21-17(14-19(26-24(21)31-28-15)16-8-3-2-4-9-16)23(30)27-22-18(25)10-7-11-20(22)29-12-5-6-13-29/h2-4,7-11,14H,5-6,12-13H2,1H3,(H,27,30). The van der Waals surface area contributed by atoms with Gasteiger partial charge in [0.1, 0.15) is 11.5 Å². The molecule has 2 aromatic carbocycles. The molecule has 0 radical (unpaired) electrons. The summed E-state index contributed by atoms with van der Waals surface area (Å²) in [5.41, 5.74) is 3.49. The number of carbonyl (C=O) groups excluding carboxylic acids is 1. The summed E-state index contributed by atoms with van der Waals surface area (Å²) >= 11 is 0. The number of para-hydroxylation sites is 1. The number of anilines is 2. The van der Waals surface area contributed by atoms with E-state index in [0.717, 1.165) is 31.5 Å². The topological polar surface area (TPSA) is 71.3 Å². The average Bonchev–Trinajstić information content (AvgIpc) is 3.45. The molecule has 4 aromatic rings. The van der Waals surface area contributed by atoms with Gasteiger partial charge in [-0.3, -0.25) is 4.79 Å². The van der Waals surface area contributed by atoms with Gasteiger partial charge >= 0.3 is 0 Å². The Morgan fingerprint density at radius 3 is 2.65 bits per heavy atom. The number of aryl methyl sites for hydroxylation is 1. The van der Waals surface area contributed by atoms with Crippen molar-refractivity contribution in [1.82, 2.24) is 10.1 Å². The van der Waals surface area contributed by atoms with Crippen LogP contribution in [0.1, 0.15) is 28.9 Å². The minimum atomic E-state index is -0.464. The number of aromatic nitrogens is 2. The molecule has 3 heterocycles. The van der Waals surface area contributed by atoms with Gasteiger partial charge in [-0.25, -0.2) is 9.37 Å². The fourth-order valence-corrected chi connectivity index (χ4v) is 4.07. The second-order valence-electron chi connectivity index (χ2n) is 7.65. The Bertz CT molecular complexity index is 1260. The van der Waals surface area contributed by atoms with E-state index in [9.17, 15) is 9.18 Å². The Kier molecular flexibility index (Phi) is 4.86. The predicted molar refractivity (Wildman–Crippen MR) is 118 cm³/mol. The lowest BCUT2D eigenvalue weighted by atomic mass is 10.0. The molecule has 5 rings (SSSR count). The summed E-state index contributed by atoms with van der Waals surface area (Å²) in [4.78, 5) is 20.0. The molecule has 6 nitrogen and oxygen atoms in total. The van der Waals surface area contributed by atoms with Crippen molar-refractivity contribution in [2.75, 3.05) is 23.3 Å². The minimum Gasteiger partial charge on any atom is -0.370 e. The zero-order valence-corrected chi connectivity index (χ0v) is 17.1. The Morgan fingerprint density at radius 2 is 1.87 bits per heavy atom. The molecule has 0 spiro atoms. The number of fused-ring (bicyclic) bond motifs is 1. The highest BCUT2D eigenvalue weighted by Gasteiger charge is 2.23. The van der Waals surface area contributed by atoms with Crippen LogP contribution in [-0.2, 0) is 0 Å². The van der Waals surface area contributed by atoms with Crippen LogP contribution in [0.2, 0.25) is 0 Å². The maximum absolute atomic E-state index is 14.8. The van der Waals surface area contributed by atoms with Crippen LogP contribution in [0, 0.1) is 12.7 Å². The minimum absolute atomic E-state index is 0.190. The first-order valence-electron chi connectivity index (χ1n) is 10.3. The number of hydrogen-bond donors (Lipinski definition) is 1. The Morgan fingerprint density at radius 1 is 1.10 bits per heavy atom. The van der Waals surface area contributed by atoms with Crippen LogP contribution in [0.4, 0.5) is 15.8 Å². The SMILES string of the molecule is Cc1noc2nc(-c3ccccc3)cc(C(=O)Nc3c(F)cccc3N3CCCC3)c12. The van der Waals surface area contributed by atoms with Crippen molar-refractivity contribution in [3.63, 3.8) is 0 Å². The van der Waals surface area contributed by atoms with Gasteiger partial charge < -0.3 is 14.7 Å². The third-order valence-corrected chi connectivity index (χ3v) is 5.61. The van der Waals surface area contributed by atoms with E-state index in [0.29, 0.717) is 28.0 Å². The Balaban J connectivity index is 1.59. The molecular weight excluding hydrogens is 395 g/mol. The van der Waals surface area contributed by atoms with E-state index in [-0.39, 0.29) is 11.4 Å². The van der Waals surface area contributed by atoms with E-state index >= 15 is 0 Å². The van der Waals surface area contributed by atoms with Gasteiger partial charge in [-0.2, -0.15) is 0 Å². The third kappa shape index (κ3) is 3.52. The average molecular weight is 416 g/mol. The highest BCUT2D eigenvalue weighted by molar-refractivity contribution is 6.14. The van der Waals surface area contributed by atoms with Crippen molar-refractivity contribution >= 4 is 28.4 Å². The summed E-state index contributed by atoms with van der Waals surface area (Å²) in [7, 11) is 0. The molecule has 156 valence electrons. The van der Waals surface area contributed by atoms with Gasteiger partial charge in [0.25, 0.3) is 11.6 Å². The second kappa shape index (κ2) is 7.83. The van der Waals surface area contributed by atoms with Crippen LogP contribution >= 0.6 is 0 Å². The van der Waals surface area contributed by atoms with Crippen LogP contribution in [0.5, 0.6) is 0 Å².